The number of aryl methyl sites for hydroxylation is 2. The third-order valence-corrected chi connectivity index (χ3v) is 6.17. The summed E-state index contributed by atoms with van der Waals surface area (Å²) in [5.74, 6) is 0. The summed E-state index contributed by atoms with van der Waals surface area (Å²) >= 11 is 0. The average molecular weight is 385 g/mol. The minimum Gasteiger partial charge on any atom is -0.393 e. The van der Waals surface area contributed by atoms with Crippen LogP contribution in [0.3, 0.4) is 0 Å². The zero-order valence-electron chi connectivity index (χ0n) is 16.4. The van der Waals surface area contributed by atoms with Gasteiger partial charge < -0.3 is 20.0 Å². The Bertz CT molecular complexity index is 926. The van der Waals surface area contributed by atoms with Crippen LogP contribution >= 0.6 is 0 Å². The van der Waals surface area contributed by atoms with E-state index in [2.05, 4.69) is 22.5 Å². The number of hydrogen-bond donors (Lipinski definition) is 2. The first-order valence-corrected chi connectivity index (χ1v) is 10.2. The molecule has 2 aliphatic heterocycles. The lowest BCUT2D eigenvalue weighted by Gasteiger charge is -2.39. The predicted molar refractivity (Wildman–Crippen MR) is 106 cm³/mol. The highest BCUT2D eigenvalue weighted by molar-refractivity contribution is 6.11. The number of fused-ring (bicyclic) bond motifs is 1. The van der Waals surface area contributed by atoms with Gasteiger partial charge in [-0.2, -0.15) is 5.10 Å². The van der Waals surface area contributed by atoms with Crippen molar-refractivity contribution in [1.82, 2.24) is 14.8 Å². The van der Waals surface area contributed by atoms with E-state index >= 15 is 0 Å². The first kappa shape index (κ1) is 17.9. The fraction of sp³-hybridized carbons (Fsp3) is 0.650. The number of pyridine rings is 1. The summed E-state index contributed by atoms with van der Waals surface area (Å²) in [5.41, 5.74) is 4.46. The van der Waals surface area contributed by atoms with E-state index < -0.39 is 0 Å². The fourth-order valence-electron chi connectivity index (χ4n) is 4.64. The van der Waals surface area contributed by atoms with Gasteiger partial charge in [0.25, 0.3) is 0 Å². The predicted octanol–water partition coefficient (Wildman–Crippen LogP) is 2.37. The van der Waals surface area contributed by atoms with Crippen LogP contribution in [0, 0.1) is 6.92 Å². The van der Waals surface area contributed by atoms with E-state index in [1.54, 1.807) is 0 Å². The summed E-state index contributed by atoms with van der Waals surface area (Å²) in [6, 6.07) is 0.352. The summed E-state index contributed by atoms with van der Waals surface area (Å²) in [6.45, 7) is 6.44. The number of oxime groups is 1. The topological polar surface area (TPSA) is 93.8 Å². The van der Waals surface area contributed by atoms with Crippen LogP contribution in [0.25, 0.3) is 11.0 Å². The molecule has 2 fully saturated rings. The molecule has 0 atom stereocenters. The molecule has 4 heterocycles. The van der Waals surface area contributed by atoms with Gasteiger partial charge in [0.2, 0.25) is 0 Å². The van der Waals surface area contributed by atoms with Crippen molar-refractivity contribution in [2.24, 2.45) is 5.16 Å². The van der Waals surface area contributed by atoms with Gasteiger partial charge in [0.15, 0.2) is 5.65 Å². The number of ether oxygens (including phenoxy) is 1. The molecule has 1 aliphatic carbocycles. The Morgan fingerprint density at radius 2 is 2.11 bits per heavy atom. The van der Waals surface area contributed by atoms with Gasteiger partial charge in [-0.05, 0) is 26.7 Å². The molecule has 5 rings (SSSR count). The molecule has 2 aromatic rings. The van der Waals surface area contributed by atoms with Crippen LogP contribution in [-0.4, -0.2) is 56.5 Å². The van der Waals surface area contributed by atoms with Crippen LogP contribution < -0.4 is 5.32 Å². The highest BCUT2D eigenvalue weighted by Crippen LogP contribution is 2.44. The molecule has 0 unspecified atom stereocenters. The van der Waals surface area contributed by atoms with Crippen molar-refractivity contribution < 1.29 is 14.7 Å². The van der Waals surface area contributed by atoms with Gasteiger partial charge in [0.1, 0.15) is 5.60 Å². The van der Waals surface area contributed by atoms with Crippen molar-refractivity contribution in [2.45, 2.75) is 70.2 Å². The second-order valence-corrected chi connectivity index (χ2v) is 8.23. The smallest absolute Gasteiger partial charge is 0.160 e. The summed E-state index contributed by atoms with van der Waals surface area (Å²) in [4.78, 5) is 10.5. The van der Waals surface area contributed by atoms with Crippen molar-refractivity contribution in [2.75, 3.05) is 18.5 Å². The first-order valence-electron chi connectivity index (χ1n) is 10.2. The van der Waals surface area contributed by atoms with E-state index in [-0.39, 0.29) is 11.7 Å². The lowest BCUT2D eigenvalue weighted by molar-refractivity contribution is -0.137. The third-order valence-electron chi connectivity index (χ3n) is 6.17. The highest BCUT2D eigenvalue weighted by Gasteiger charge is 2.50. The molecule has 0 radical (unpaired) electrons. The van der Waals surface area contributed by atoms with Crippen molar-refractivity contribution in [3.8, 4) is 0 Å². The van der Waals surface area contributed by atoms with Crippen LogP contribution in [0.2, 0.25) is 0 Å². The molecule has 8 nitrogen and oxygen atoms in total. The molecule has 0 bridgehead atoms. The molecule has 8 heteroatoms. The molecule has 2 N–H and O–H groups in total. The molecule has 1 spiro atoms. The Hall–Kier alpha value is -2.19. The molecule has 2 aromatic heterocycles. The second-order valence-electron chi connectivity index (χ2n) is 8.23. The Morgan fingerprint density at radius 3 is 2.82 bits per heavy atom. The minimum absolute atomic E-state index is 0.278. The van der Waals surface area contributed by atoms with Gasteiger partial charge in [0.05, 0.1) is 28.6 Å². The van der Waals surface area contributed by atoms with Crippen molar-refractivity contribution in [1.29, 1.82) is 0 Å². The lowest BCUT2D eigenvalue weighted by Crippen LogP contribution is -2.47. The van der Waals surface area contributed by atoms with Crippen LogP contribution in [0.5, 0.6) is 0 Å². The molecule has 1 saturated heterocycles. The first-order chi connectivity index (χ1) is 13.6. The monoisotopic (exact) mass is 385 g/mol. The maximum atomic E-state index is 9.73. The maximum Gasteiger partial charge on any atom is 0.160 e. The Labute approximate surface area is 163 Å². The van der Waals surface area contributed by atoms with E-state index in [9.17, 15) is 5.11 Å². The Balaban J connectivity index is 1.56. The number of nitrogens with zero attached hydrogens (tertiary/aromatic N) is 4. The summed E-state index contributed by atoms with van der Waals surface area (Å²) in [6.07, 6.45) is 5.57. The van der Waals surface area contributed by atoms with Crippen molar-refractivity contribution in [3.63, 3.8) is 0 Å². The number of aromatic nitrogens is 3. The Kier molecular flexibility index (Phi) is 4.28. The summed E-state index contributed by atoms with van der Waals surface area (Å²) in [5, 5.41) is 23.6. The van der Waals surface area contributed by atoms with E-state index in [0.29, 0.717) is 25.3 Å². The van der Waals surface area contributed by atoms with Gasteiger partial charge in [-0.3, -0.25) is 0 Å². The molecular weight excluding hydrogens is 358 g/mol. The number of rotatable bonds is 4. The van der Waals surface area contributed by atoms with Crippen LogP contribution in [0.15, 0.2) is 11.4 Å². The third kappa shape index (κ3) is 2.86. The van der Waals surface area contributed by atoms with Gasteiger partial charge in [-0.1, -0.05) is 5.16 Å². The standard InChI is InChI=1S/C20H27N5O3/c1-3-25-19-17(12(2)23-25)18(22-13-4-6-27-7-5-13)15(11-21-19)16-10-20(28-24-16)8-14(26)9-20/h11,13-14,26H,3-10H2,1-2H3,(H,21,22). The normalized spacial score (nSPS) is 27.7. The van der Waals surface area contributed by atoms with E-state index in [4.69, 9.17) is 14.6 Å². The van der Waals surface area contributed by atoms with Crippen molar-refractivity contribution in [3.05, 3.63) is 17.5 Å². The molecule has 0 amide bonds. The van der Waals surface area contributed by atoms with Gasteiger partial charge in [-0.15, -0.1) is 0 Å². The molecule has 3 aliphatic rings. The number of aliphatic hydroxyl groups is 1. The highest BCUT2D eigenvalue weighted by atomic mass is 16.7. The molecule has 150 valence electrons. The Morgan fingerprint density at radius 1 is 1.32 bits per heavy atom. The zero-order chi connectivity index (χ0) is 19.3. The van der Waals surface area contributed by atoms with E-state index in [1.807, 2.05) is 17.8 Å². The quantitative estimate of drug-likeness (QED) is 0.839. The van der Waals surface area contributed by atoms with Crippen LogP contribution in [0.1, 0.15) is 50.3 Å². The van der Waals surface area contributed by atoms with Gasteiger partial charge in [0, 0.05) is 56.8 Å². The lowest BCUT2D eigenvalue weighted by atomic mass is 9.74. The van der Waals surface area contributed by atoms with Crippen molar-refractivity contribution >= 4 is 22.4 Å². The largest absolute Gasteiger partial charge is 0.393 e. The number of nitrogens with one attached hydrogen (secondary N) is 1. The molecule has 28 heavy (non-hydrogen) atoms. The second kappa shape index (κ2) is 6.70. The SMILES string of the molecule is CCn1nc(C)c2c(NC3CCOCC3)c(C3=NOC4(C3)CC(O)C4)cnc21. The van der Waals surface area contributed by atoms with Gasteiger partial charge >= 0.3 is 0 Å². The average Bonchev–Trinajstić information content (AvgIpc) is 3.25. The molecule has 0 aromatic carbocycles. The van der Waals surface area contributed by atoms with Crippen LogP contribution in [0.4, 0.5) is 5.69 Å². The molecular formula is C20H27N5O3. The summed E-state index contributed by atoms with van der Waals surface area (Å²) < 4.78 is 7.47. The number of hydrogen-bond acceptors (Lipinski definition) is 7. The maximum absolute atomic E-state index is 9.73. The van der Waals surface area contributed by atoms with Crippen LogP contribution in [-0.2, 0) is 16.1 Å². The van der Waals surface area contributed by atoms with E-state index in [1.165, 1.54) is 0 Å². The zero-order valence-corrected chi connectivity index (χ0v) is 16.4. The fourth-order valence-corrected chi connectivity index (χ4v) is 4.64. The van der Waals surface area contributed by atoms with Gasteiger partial charge in [-0.25, -0.2) is 9.67 Å². The minimum atomic E-state index is -0.331. The number of anilines is 1. The summed E-state index contributed by atoms with van der Waals surface area (Å²) in [7, 11) is 0. The van der Waals surface area contributed by atoms with E-state index in [0.717, 1.165) is 66.3 Å². The molecule has 1 saturated carbocycles. The number of aliphatic hydroxyl groups excluding tert-OH is 1.